The first kappa shape index (κ1) is 21.8. The van der Waals surface area contributed by atoms with Crippen LogP contribution < -0.4 is 19.9 Å². The number of phenolic OH excluding ortho intramolecular Hbond substituents is 1. The number of benzene rings is 5. The monoisotopic (exact) mass is 466 g/mol. The molecule has 168 valence electrons. The largest absolute Gasteiger partial charge is 0.507 e. The molecule has 0 amide bonds. The first-order valence-corrected chi connectivity index (χ1v) is 12.5. The van der Waals surface area contributed by atoms with Crippen LogP contribution in [-0.4, -0.2) is 12.2 Å². The topological polar surface area (TPSA) is 55.8 Å². The second kappa shape index (κ2) is 9.09. The highest BCUT2D eigenvalue weighted by molar-refractivity contribution is 7.74. The van der Waals surface area contributed by atoms with Crippen molar-refractivity contribution in [2.24, 2.45) is 0 Å². The van der Waals surface area contributed by atoms with Crippen LogP contribution in [0.1, 0.15) is 0 Å². The minimum atomic E-state index is -3.56. The van der Waals surface area contributed by atoms with E-state index in [1.165, 1.54) is 0 Å². The fourth-order valence-corrected chi connectivity index (χ4v) is 6.14. The van der Waals surface area contributed by atoms with Crippen molar-refractivity contribution in [3.8, 4) is 28.4 Å². The van der Waals surface area contributed by atoms with Gasteiger partial charge in [0.1, 0.15) is 17.2 Å². The number of rotatable bonds is 6. The Morgan fingerprint density at radius 3 is 1.79 bits per heavy atom. The summed E-state index contributed by atoms with van der Waals surface area (Å²) in [6.45, 7) is 0. The van der Waals surface area contributed by atoms with Crippen LogP contribution in [0.4, 0.5) is 0 Å². The smallest absolute Gasteiger partial charge is 0.306 e. The van der Waals surface area contributed by atoms with Crippen molar-refractivity contribution in [3.05, 3.63) is 115 Å². The number of aromatic hydroxyl groups is 1. The zero-order chi connectivity index (χ0) is 23.5. The Morgan fingerprint density at radius 1 is 0.676 bits per heavy atom. The Bertz CT molecular complexity index is 1440. The Morgan fingerprint density at radius 2 is 1.24 bits per heavy atom. The van der Waals surface area contributed by atoms with E-state index in [4.69, 9.17) is 9.26 Å². The molecule has 0 atom stereocenters. The molecule has 0 fully saturated rings. The van der Waals surface area contributed by atoms with Gasteiger partial charge in [-0.2, -0.15) is 0 Å². The van der Waals surface area contributed by atoms with E-state index in [2.05, 4.69) is 0 Å². The first-order valence-electron chi connectivity index (χ1n) is 10.9. The lowest BCUT2D eigenvalue weighted by atomic mass is 9.98. The van der Waals surface area contributed by atoms with Crippen molar-refractivity contribution in [1.29, 1.82) is 0 Å². The molecule has 0 saturated heterocycles. The fraction of sp³-hybridized carbons (Fsp3) is 0.0345. The number of phenols is 1. The highest BCUT2D eigenvalue weighted by Gasteiger charge is 2.32. The summed E-state index contributed by atoms with van der Waals surface area (Å²) in [5, 5.41) is 13.2. The summed E-state index contributed by atoms with van der Waals surface area (Å²) >= 11 is 0. The standard InChI is InChI=1S/C29H23O4P/c1-32-22-17-18-25-27(19-22)29(26(20-28(25)30)21-11-5-2-6-12-21)33-34(31,23-13-7-3-8-14-23)24-15-9-4-10-16-24/h2-20,30H,1H3. The lowest BCUT2D eigenvalue weighted by Gasteiger charge is -2.24. The first-order chi connectivity index (χ1) is 16.6. The van der Waals surface area contributed by atoms with Crippen LogP contribution in [0.5, 0.6) is 17.2 Å². The van der Waals surface area contributed by atoms with Gasteiger partial charge in [-0.25, -0.2) is 0 Å². The molecule has 0 unspecified atom stereocenters. The summed E-state index contributed by atoms with van der Waals surface area (Å²) in [6, 6.07) is 35.1. The molecule has 5 heteroatoms. The molecule has 0 aliphatic carbocycles. The van der Waals surface area contributed by atoms with Crippen molar-refractivity contribution in [2.75, 3.05) is 7.11 Å². The lowest BCUT2D eigenvalue weighted by Crippen LogP contribution is -2.20. The maximum Gasteiger partial charge on any atom is 0.306 e. The van der Waals surface area contributed by atoms with Gasteiger partial charge in [-0.3, -0.25) is 4.57 Å². The van der Waals surface area contributed by atoms with Gasteiger partial charge in [-0.05, 0) is 54.1 Å². The van der Waals surface area contributed by atoms with E-state index in [9.17, 15) is 9.67 Å². The Balaban J connectivity index is 1.82. The van der Waals surface area contributed by atoms with E-state index in [0.717, 1.165) is 5.56 Å². The maximum absolute atomic E-state index is 14.7. The normalized spacial score (nSPS) is 11.3. The molecule has 0 aliphatic heterocycles. The quantitative estimate of drug-likeness (QED) is 0.289. The predicted octanol–water partition coefficient (Wildman–Crippen LogP) is 6.53. The van der Waals surface area contributed by atoms with E-state index in [-0.39, 0.29) is 5.75 Å². The zero-order valence-electron chi connectivity index (χ0n) is 18.6. The van der Waals surface area contributed by atoms with Crippen LogP contribution in [-0.2, 0) is 4.57 Å². The van der Waals surface area contributed by atoms with Crippen LogP contribution in [0.2, 0.25) is 0 Å². The van der Waals surface area contributed by atoms with Crippen LogP contribution in [0.25, 0.3) is 21.9 Å². The van der Waals surface area contributed by atoms with Gasteiger partial charge in [0.05, 0.1) is 17.7 Å². The molecule has 5 aromatic carbocycles. The summed E-state index contributed by atoms with van der Waals surface area (Å²) in [5.41, 5.74) is 1.48. The van der Waals surface area contributed by atoms with Gasteiger partial charge in [0.25, 0.3) is 0 Å². The molecular formula is C29H23O4P. The molecule has 0 spiro atoms. The van der Waals surface area contributed by atoms with Crippen LogP contribution in [0.15, 0.2) is 115 Å². The second-order valence-corrected chi connectivity index (χ2v) is 10.2. The summed E-state index contributed by atoms with van der Waals surface area (Å²) < 4.78 is 26.8. The van der Waals surface area contributed by atoms with E-state index >= 15 is 0 Å². The van der Waals surface area contributed by atoms with E-state index in [1.807, 2.05) is 91.0 Å². The molecule has 5 aromatic rings. The van der Waals surface area contributed by atoms with Crippen molar-refractivity contribution >= 4 is 28.8 Å². The molecule has 0 aliphatic rings. The molecule has 0 bridgehead atoms. The van der Waals surface area contributed by atoms with Crippen molar-refractivity contribution in [3.63, 3.8) is 0 Å². The Labute approximate surface area is 198 Å². The molecule has 34 heavy (non-hydrogen) atoms. The molecule has 1 N–H and O–H groups in total. The second-order valence-electron chi connectivity index (χ2n) is 7.86. The summed E-state index contributed by atoms with van der Waals surface area (Å²) in [5.74, 6) is 1.14. The third-order valence-corrected chi connectivity index (χ3v) is 8.17. The third kappa shape index (κ3) is 3.93. The highest BCUT2D eigenvalue weighted by Crippen LogP contribution is 2.52. The molecule has 0 radical (unpaired) electrons. The SMILES string of the molecule is COc1ccc2c(O)cc(-c3ccccc3)c(OP(=O)(c3ccccc3)c3ccccc3)c2c1. The minimum absolute atomic E-state index is 0.109. The van der Waals surface area contributed by atoms with Gasteiger partial charge in [0.2, 0.25) is 0 Å². The van der Waals surface area contributed by atoms with Gasteiger partial charge in [-0.1, -0.05) is 66.7 Å². The molecule has 0 heterocycles. The number of fused-ring (bicyclic) bond motifs is 1. The van der Waals surface area contributed by atoms with Crippen LogP contribution >= 0.6 is 7.37 Å². The number of methoxy groups -OCH3 is 1. The molecule has 5 rings (SSSR count). The van der Waals surface area contributed by atoms with Crippen molar-refractivity contribution < 1.29 is 18.9 Å². The number of ether oxygens (including phenoxy) is 1. The molecular weight excluding hydrogens is 443 g/mol. The number of hydrogen-bond acceptors (Lipinski definition) is 4. The van der Waals surface area contributed by atoms with E-state index in [1.54, 1.807) is 31.4 Å². The van der Waals surface area contributed by atoms with Gasteiger partial charge < -0.3 is 14.4 Å². The summed E-state index contributed by atoms with van der Waals surface area (Å²) in [6.07, 6.45) is 0. The van der Waals surface area contributed by atoms with Crippen LogP contribution in [0.3, 0.4) is 0 Å². The average molecular weight is 466 g/mol. The van der Waals surface area contributed by atoms with Gasteiger partial charge in [-0.15, -0.1) is 0 Å². The lowest BCUT2D eigenvalue weighted by molar-refractivity contribution is 0.415. The predicted molar refractivity (Wildman–Crippen MR) is 138 cm³/mol. The zero-order valence-corrected chi connectivity index (χ0v) is 19.5. The van der Waals surface area contributed by atoms with Crippen molar-refractivity contribution in [2.45, 2.75) is 0 Å². The van der Waals surface area contributed by atoms with Gasteiger partial charge >= 0.3 is 7.37 Å². The van der Waals surface area contributed by atoms with E-state index < -0.39 is 7.37 Å². The van der Waals surface area contributed by atoms with Gasteiger partial charge in [0, 0.05) is 16.3 Å². The Hall–Kier alpha value is -4.01. The molecule has 4 nitrogen and oxygen atoms in total. The molecule has 0 saturated carbocycles. The Kier molecular flexibility index (Phi) is 5.83. The van der Waals surface area contributed by atoms with Gasteiger partial charge in [0.15, 0.2) is 0 Å². The van der Waals surface area contributed by atoms with E-state index in [0.29, 0.717) is 38.4 Å². The maximum atomic E-state index is 14.7. The summed E-state index contributed by atoms with van der Waals surface area (Å²) in [7, 11) is -1.97. The summed E-state index contributed by atoms with van der Waals surface area (Å²) in [4.78, 5) is 0. The van der Waals surface area contributed by atoms with Crippen molar-refractivity contribution in [1.82, 2.24) is 0 Å². The minimum Gasteiger partial charge on any atom is -0.507 e. The fourth-order valence-electron chi connectivity index (χ4n) is 4.05. The molecule has 0 aromatic heterocycles. The van der Waals surface area contributed by atoms with Crippen LogP contribution in [0, 0.1) is 0 Å². The number of hydrogen-bond donors (Lipinski definition) is 1. The average Bonchev–Trinajstić information content (AvgIpc) is 2.91. The highest BCUT2D eigenvalue weighted by atomic mass is 31.2. The third-order valence-electron chi connectivity index (χ3n) is 5.77.